The molecule has 1 aliphatic heterocycles. The molecule has 0 N–H and O–H groups in total. The Kier molecular flexibility index (Phi) is 4.49. The van der Waals surface area contributed by atoms with E-state index in [1.54, 1.807) is 6.08 Å². The van der Waals surface area contributed by atoms with Gasteiger partial charge in [0.2, 0.25) is 0 Å². The van der Waals surface area contributed by atoms with E-state index in [1.807, 2.05) is 24.3 Å². The smallest absolute Gasteiger partial charge is 0.293 e. The molecule has 2 amide bonds. The van der Waals surface area contributed by atoms with E-state index < -0.39 is 0 Å². The number of imide groups is 1. The van der Waals surface area contributed by atoms with E-state index in [2.05, 4.69) is 18.7 Å². The number of anilines is 1. The van der Waals surface area contributed by atoms with Crippen molar-refractivity contribution in [3.05, 3.63) is 34.7 Å². The van der Waals surface area contributed by atoms with Gasteiger partial charge in [-0.25, -0.2) is 0 Å². The molecule has 0 aliphatic carbocycles. The molecule has 4 nitrogen and oxygen atoms in total. The van der Waals surface area contributed by atoms with Gasteiger partial charge in [0.1, 0.15) is 0 Å². The molecule has 0 saturated carbocycles. The lowest BCUT2D eigenvalue weighted by Gasteiger charge is -2.20. The Morgan fingerprint density at radius 2 is 1.75 bits per heavy atom. The van der Waals surface area contributed by atoms with Crippen molar-refractivity contribution in [2.45, 2.75) is 13.8 Å². The number of likely N-dealkylation sites (N-methyl/N-ethyl adjacent to an activating group) is 1. The van der Waals surface area contributed by atoms with Crippen molar-refractivity contribution >= 4 is 34.7 Å². The lowest BCUT2D eigenvalue weighted by molar-refractivity contribution is -0.121. The highest BCUT2D eigenvalue weighted by atomic mass is 32.2. The summed E-state index contributed by atoms with van der Waals surface area (Å²) in [4.78, 5) is 27.1. The highest BCUT2D eigenvalue weighted by molar-refractivity contribution is 8.18. The summed E-state index contributed by atoms with van der Waals surface area (Å²) in [6.07, 6.45) is 1.76. The molecule has 0 radical (unpaired) electrons. The van der Waals surface area contributed by atoms with Crippen LogP contribution in [0.3, 0.4) is 0 Å². The molecule has 0 spiro atoms. The van der Waals surface area contributed by atoms with E-state index in [9.17, 15) is 9.59 Å². The molecule has 0 atom stereocenters. The Bertz CT molecular complexity index is 547. The molecule has 1 heterocycles. The Morgan fingerprint density at radius 1 is 1.15 bits per heavy atom. The van der Waals surface area contributed by atoms with Crippen molar-refractivity contribution in [2.24, 2.45) is 0 Å². The van der Waals surface area contributed by atoms with Gasteiger partial charge in [-0.3, -0.25) is 14.5 Å². The maximum atomic E-state index is 11.8. The number of benzene rings is 1. The number of hydrogen-bond donors (Lipinski definition) is 0. The lowest BCUT2D eigenvalue weighted by atomic mass is 10.1. The zero-order valence-corrected chi connectivity index (χ0v) is 12.7. The first-order valence-corrected chi connectivity index (χ1v) is 7.45. The summed E-state index contributed by atoms with van der Waals surface area (Å²) >= 11 is 0.984. The van der Waals surface area contributed by atoms with Gasteiger partial charge in [0.05, 0.1) is 4.91 Å². The number of hydrogen-bond acceptors (Lipinski definition) is 4. The van der Waals surface area contributed by atoms with Crippen LogP contribution < -0.4 is 4.90 Å². The third kappa shape index (κ3) is 2.88. The van der Waals surface area contributed by atoms with Gasteiger partial charge >= 0.3 is 0 Å². The van der Waals surface area contributed by atoms with Crippen molar-refractivity contribution in [1.82, 2.24) is 4.90 Å². The molecule has 1 fully saturated rings. The van der Waals surface area contributed by atoms with Gasteiger partial charge in [-0.15, -0.1) is 0 Å². The van der Waals surface area contributed by atoms with Crippen molar-refractivity contribution in [1.29, 1.82) is 0 Å². The van der Waals surface area contributed by atoms with Crippen LogP contribution in [0.1, 0.15) is 19.4 Å². The van der Waals surface area contributed by atoms with Gasteiger partial charge in [0, 0.05) is 25.8 Å². The van der Waals surface area contributed by atoms with Crippen LogP contribution in [0.25, 0.3) is 6.08 Å². The fraction of sp³-hybridized carbons (Fsp3) is 0.333. The van der Waals surface area contributed by atoms with Crippen LogP contribution in [0.5, 0.6) is 0 Å². The number of rotatable bonds is 4. The minimum atomic E-state index is -0.229. The van der Waals surface area contributed by atoms with Crippen LogP contribution in [0.2, 0.25) is 0 Å². The lowest BCUT2D eigenvalue weighted by Crippen LogP contribution is -2.22. The number of carbonyl (C=O) groups excluding carboxylic acids is 2. The number of nitrogens with zero attached hydrogens (tertiary/aromatic N) is 2. The zero-order chi connectivity index (χ0) is 14.7. The zero-order valence-electron chi connectivity index (χ0n) is 11.9. The third-order valence-corrected chi connectivity index (χ3v) is 4.27. The maximum absolute atomic E-state index is 11.8. The van der Waals surface area contributed by atoms with Crippen LogP contribution in [-0.2, 0) is 4.79 Å². The van der Waals surface area contributed by atoms with Crippen molar-refractivity contribution in [3.63, 3.8) is 0 Å². The summed E-state index contributed by atoms with van der Waals surface area (Å²) in [5.74, 6) is -0.229. The van der Waals surface area contributed by atoms with E-state index in [4.69, 9.17) is 0 Å². The van der Waals surface area contributed by atoms with Crippen LogP contribution >= 0.6 is 11.8 Å². The highest BCUT2D eigenvalue weighted by Crippen LogP contribution is 2.31. The van der Waals surface area contributed by atoms with Gasteiger partial charge in [0.25, 0.3) is 11.1 Å². The first kappa shape index (κ1) is 14.7. The first-order chi connectivity index (χ1) is 9.56. The fourth-order valence-electron chi connectivity index (χ4n) is 2.07. The van der Waals surface area contributed by atoms with Crippen molar-refractivity contribution in [2.75, 3.05) is 25.0 Å². The molecular formula is C15H18N2O2S. The Balaban J connectivity index is 2.19. The van der Waals surface area contributed by atoms with Gasteiger partial charge in [0.15, 0.2) is 0 Å². The topological polar surface area (TPSA) is 40.6 Å². The van der Waals surface area contributed by atoms with E-state index in [1.165, 1.54) is 7.05 Å². The number of amides is 2. The summed E-state index contributed by atoms with van der Waals surface area (Å²) in [7, 11) is 1.50. The molecule has 5 heteroatoms. The van der Waals surface area contributed by atoms with E-state index in [0.29, 0.717) is 4.91 Å². The largest absolute Gasteiger partial charge is 0.372 e. The minimum Gasteiger partial charge on any atom is -0.372 e. The summed E-state index contributed by atoms with van der Waals surface area (Å²) in [5.41, 5.74) is 2.09. The molecule has 20 heavy (non-hydrogen) atoms. The Labute approximate surface area is 123 Å². The van der Waals surface area contributed by atoms with Crippen molar-refractivity contribution < 1.29 is 9.59 Å². The van der Waals surface area contributed by atoms with Gasteiger partial charge in [-0.2, -0.15) is 0 Å². The van der Waals surface area contributed by atoms with E-state index in [-0.39, 0.29) is 11.1 Å². The normalized spacial score (nSPS) is 17.1. The second-order valence-corrected chi connectivity index (χ2v) is 5.50. The molecule has 0 aromatic heterocycles. The average molecular weight is 290 g/mol. The van der Waals surface area contributed by atoms with Crippen LogP contribution in [-0.4, -0.2) is 36.2 Å². The monoisotopic (exact) mass is 290 g/mol. The molecule has 1 saturated heterocycles. The molecule has 2 rings (SSSR count). The van der Waals surface area contributed by atoms with Gasteiger partial charge < -0.3 is 4.90 Å². The predicted octanol–water partition coefficient (Wildman–Crippen LogP) is 3.20. The second kappa shape index (κ2) is 6.13. The third-order valence-electron chi connectivity index (χ3n) is 3.31. The van der Waals surface area contributed by atoms with Crippen LogP contribution in [0.4, 0.5) is 10.5 Å². The van der Waals surface area contributed by atoms with E-state index >= 15 is 0 Å². The van der Waals surface area contributed by atoms with Crippen molar-refractivity contribution in [3.8, 4) is 0 Å². The van der Waals surface area contributed by atoms with E-state index in [0.717, 1.165) is 41.0 Å². The minimum absolute atomic E-state index is 0.221. The van der Waals surface area contributed by atoms with Gasteiger partial charge in [-0.05, 0) is 49.4 Å². The number of thioether (sulfide) groups is 1. The average Bonchev–Trinajstić information content (AvgIpc) is 2.69. The fourth-order valence-corrected chi connectivity index (χ4v) is 2.89. The van der Waals surface area contributed by atoms with Crippen LogP contribution in [0, 0.1) is 0 Å². The molecular weight excluding hydrogens is 272 g/mol. The summed E-state index contributed by atoms with van der Waals surface area (Å²) in [6.45, 7) is 6.17. The van der Waals surface area contributed by atoms with Crippen LogP contribution in [0.15, 0.2) is 29.2 Å². The molecule has 0 unspecified atom stereocenters. The summed E-state index contributed by atoms with van der Waals surface area (Å²) in [5, 5.41) is -0.221. The molecule has 106 valence electrons. The van der Waals surface area contributed by atoms with Gasteiger partial charge in [-0.1, -0.05) is 12.1 Å². The number of carbonyl (C=O) groups is 2. The standard InChI is InChI=1S/C15H18N2O2S/c1-4-17(5-2)12-8-6-11(7-9-12)10-13-14(18)16(3)15(19)20-13/h6-10H,4-5H2,1-3H3/b13-10-. The summed E-state index contributed by atoms with van der Waals surface area (Å²) in [6, 6.07) is 8.01. The quantitative estimate of drug-likeness (QED) is 0.798. The SMILES string of the molecule is CCN(CC)c1ccc(/C=C2\SC(=O)N(C)C2=O)cc1. The molecule has 0 bridgehead atoms. The maximum Gasteiger partial charge on any atom is 0.293 e. The predicted molar refractivity (Wildman–Crippen MR) is 83.7 cm³/mol. The Hall–Kier alpha value is -1.75. The first-order valence-electron chi connectivity index (χ1n) is 6.63. The molecule has 1 aromatic rings. The molecule has 1 aromatic carbocycles. The highest BCUT2D eigenvalue weighted by Gasteiger charge is 2.31. The molecule has 1 aliphatic rings. The summed E-state index contributed by atoms with van der Waals surface area (Å²) < 4.78 is 0. The Morgan fingerprint density at radius 3 is 2.20 bits per heavy atom. The second-order valence-electron chi connectivity index (χ2n) is 4.50.